The van der Waals surface area contributed by atoms with Crippen LogP contribution in [0.3, 0.4) is 0 Å². The zero-order valence-electron chi connectivity index (χ0n) is 22.8. The average Bonchev–Trinajstić information content (AvgIpc) is 2.92. The summed E-state index contributed by atoms with van der Waals surface area (Å²) in [5.41, 5.74) is -0.620. The number of carbonyl (C=O) groups is 1. The average molecular weight is 632 g/mol. The van der Waals surface area contributed by atoms with E-state index >= 15 is 4.39 Å². The molecule has 0 unspecified atom stereocenters. The van der Waals surface area contributed by atoms with Crippen LogP contribution in [0, 0.1) is 12.7 Å². The fourth-order valence-corrected chi connectivity index (χ4v) is 6.45. The van der Waals surface area contributed by atoms with Crippen LogP contribution in [0.25, 0.3) is 28.0 Å². The summed E-state index contributed by atoms with van der Waals surface area (Å²) in [4.78, 5) is 42.7. The Hall–Kier alpha value is -3.87. The first-order valence-electron chi connectivity index (χ1n) is 12.7. The van der Waals surface area contributed by atoms with Crippen LogP contribution < -0.4 is 10.6 Å². The van der Waals surface area contributed by atoms with Gasteiger partial charge in [0.25, 0.3) is 0 Å². The molecule has 1 saturated heterocycles. The molecule has 5 rings (SSSR count). The number of hydrogen-bond acceptors (Lipinski definition) is 8. The number of pyridine rings is 2. The highest BCUT2D eigenvalue weighted by atomic mass is 35.5. The summed E-state index contributed by atoms with van der Waals surface area (Å²) in [5.74, 6) is -0.677. The number of benzene rings is 1. The Morgan fingerprint density at radius 2 is 1.90 bits per heavy atom. The number of nitrogens with zero attached hydrogens (tertiary/aromatic N) is 6. The lowest BCUT2D eigenvalue weighted by Gasteiger charge is -2.40. The number of aryl methyl sites for hydroxylation is 1. The second kappa shape index (κ2) is 11.1. The molecule has 0 radical (unpaired) electrons. The highest BCUT2D eigenvalue weighted by molar-refractivity contribution is 7.90. The maximum atomic E-state index is 15.1. The van der Waals surface area contributed by atoms with Crippen molar-refractivity contribution in [2.45, 2.75) is 24.9 Å². The Kier molecular flexibility index (Phi) is 7.82. The number of piperazine rings is 1. The molecule has 1 aliphatic heterocycles. The molecule has 0 bridgehead atoms. The van der Waals surface area contributed by atoms with Gasteiger partial charge in [-0.05, 0) is 49.8 Å². The van der Waals surface area contributed by atoms with Gasteiger partial charge in [-0.15, -0.1) is 0 Å². The van der Waals surface area contributed by atoms with Crippen molar-refractivity contribution < 1.29 is 17.6 Å². The molecule has 4 heterocycles. The van der Waals surface area contributed by atoms with E-state index in [1.54, 1.807) is 17.9 Å². The van der Waals surface area contributed by atoms with Crippen molar-refractivity contribution in [2.24, 2.45) is 0 Å². The van der Waals surface area contributed by atoms with Crippen LogP contribution >= 0.6 is 23.2 Å². The maximum Gasteiger partial charge on any atom is 0.355 e. The molecular formula is C28H25Cl2FN6O4S. The van der Waals surface area contributed by atoms with Crippen LogP contribution in [0.5, 0.6) is 0 Å². The van der Waals surface area contributed by atoms with Gasteiger partial charge >= 0.3 is 5.69 Å². The number of rotatable bonds is 5. The number of hydrogen-bond donors (Lipinski definition) is 0. The lowest BCUT2D eigenvalue weighted by molar-refractivity contribution is -0.126. The van der Waals surface area contributed by atoms with Crippen molar-refractivity contribution in [3.63, 3.8) is 0 Å². The van der Waals surface area contributed by atoms with Crippen LogP contribution in [0.15, 0.2) is 59.0 Å². The summed E-state index contributed by atoms with van der Waals surface area (Å²) in [7, 11) is -3.92. The number of amides is 1. The van der Waals surface area contributed by atoms with E-state index in [4.69, 9.17) is 23.2 Å². The normalized spacial score (nSPS) is 15.7. The largest absolute Gasteiger partial charge is 0.355 e. The van der Waals surface area contributed by atoms with E-state index in [1.165, 1.54) is 36.5 Å². The number of fused-ring (bicyclic) bond motifs is 1. The summed E-state index contributed by atoms with van der Waals surface area (Å²) < 4.78 is 41.6. The van der Waals surface area contributed by atoms with Gasteiger partial charge in [0, 0.05) is 38.1 Å². The van der Waals surface area contributed by atoms with Gasteiger partial charge < -0.3 is 9.80 Å². The van der Waals surface area contributed by atoms with Crippen LogP contribution in [0.2, 0.25) is 10.0 Å². The van der Waals surface area contributed by atoms with E-state index < -0.39 is 21.3 Å². The van der Waals surface area contributed by atoms with E-state index in [-0.39, 0.29) is 55.4 Å². The van der Waals surface area contributed by atoms with Crippen LogP contribution in [-0.2, 0) is 14.6 Å². The minimum absolute atomic E-state index is 0.0264. The van der Waals surface area contributed by atoms with E-state index in [2.05, 4.69) is 21.5 Å². The molecule has 1 aliphatic rings. The Balaban J connectivity index is 1.86. The SMILES string of the molecule is C=CC(=O)N1CCN(c2nc(=O)n(-c3c(C)ccnc3S(C)(=O)=O)c3nc(-c4c(F)cccc4Cl)c(Cl)cc23)[C@@H](C)C1. The van der Waals surface area contributed by atoms with Crippen LogP contribution in [0.4, 0.5) is 10.2 Å². The predicted octanol–water partition coefficient (Wildman–Crippen LogP) is 4.22. The highest BCUT2D eigenvalue weighted by Gasteiger charge is 2.31. The second-order valence-corrected chi connectivity index (χ2v) is 12.7. The maximum absolute atomic E-state index is 15.1. The first-order chi connectivity index (χ1) is 19.8. The lowest BCUT2D eigenvalue weighted by atomic mass is 10.1. The Labute approximate surface area is 251 Å². The fourth-order valence-electron chi connectivity index (χ4n) is 5.10. The zero-order valence-corrected chi connectivity index (χ0v) is 25.1. The summed E-state index contributed by atoms with van der Waals surface area (Å²) in [5, 5.41) is 0.0153. The molecule has 0 spiro atoms. The zero-order chi connectivity index (χ0) is 30.5. The number of halogens is 3. The van der Waals surface area contributed by atoms with Crippen molar-refractivity contribution in [3.8, 4) is 16.9 Å². The summed E-state index contributed by atoms with van der Waals surface area (Å²) in [6, 6.07) is 6.89. The first-order valence-corrected chi connectivity index (χ1v) is 15.4. The molecule has 1 fully saturated rings. The van der Waals surface area contributed by atoms with E-state index in [0.29, 0.717) is 30.6 Å². The van der Waals surface area contributed by atoms with Gasteiger partial charge in [0.2, 0.25) is 5.91 Å². The van der Waals surface area contributed by atoms with Gasteiger partial charge in [-0.3, -0.25) is 4.79 Å². The molecule has 1 aromatic carbocycles. The van der Waals surface area contributed by atoms with E-state index in [0.717, 1.165) is 10.8 Å². The van der Waals surface area contributed by atoms with Gasteiger partial charge in [-0.25, -0.2) is 32.1 Å². The molecule has 1 atom stereocenters. The number of sulfone groups is 1. The minimum atomic E-state index is -3.92. The third kappa shape index (κ3) is 5.14. The fraction of sp³-hybridized carbons (Fsp3) is 0.250. The molecule has 3 aromatic heterocycles. The Morgan fingerprint density at radius 1 is 1.17 bits per heavy atom. The monoisotopic (exact) mass is 630 g/mol. The second-order valence-electron chi connectivity index (χ2n) is 9.92. The predicted molar refractivity (Wildman–Crippen MR) is 160 cm³/mol. The smallest absolute Gasteiger partial charge is 0.350 e. The van der Waals surface area contributed by atoms with Gasteiger partial charge in [-0.2, -0.15) is 4.98 Å². The third-order valence-corrected chi connectivity index (χ3v) is 8.66. The number of aromatic nitrogens is 4. The molecule has 0 N–H and O–H groups in total. The van der Waals surface area contributed by atoms with Crippen molar-refractivity contribution in [2.75, 3.05) is 30.8 Å². The van der Waals surface area contributed by atoms with Crippen LogP contribution in [-0.4, -0.2) is 70.7 Å². The van der Waals surface area contributed by atoms with E-state index in [9.17, 15) is 18.0 Å². The van der Waals surface area contributed by atoms with Crippen molar-refractivity contribution in [1.82, 2.24) is 24.4 Å². The highest BCUT2D eigenvalue weighted by Crippen LogP contribution is 2.38. The minimum Gasteiger partial charge on any atom is -0.350 e. The topological polar surface area (TPSA) is 118 Å². The summed E-state index contributed by atoms with van der Waals surface area (Å²) >= 11 is 13.0. The molecule has 14 heteroatoms. The van der Waals surface area contributed by atoms with Crippen LogP contribution in [0.1, 0.15) is 12.5 Å². The quantitative estimate of drug-likeness (QED) is 0.301. The van der Waals surface area contributed by atoms with E-state index in [1.807, 2.05) is 11.8 Å². The first kappa shape index (κ1) is 29.6. The molecule has 218 valence electrons. The van der Waals surface area contributed by atoms with Crippen molar-refractivity contribution in [3.05, 3.63) is 81.1 Å². The van der Waals surface area contributed by atoms with Crippen molar-refractivity contribution >= 4 is 55.8 Å². The van der Waals surface area contributed by atoms with Gasteiger partial charge in [0.1, 0.15) is 11.6 Å². The van der Waals surface area contributed by atoms with Gasteiger partial charge in [0.05, 0.1) is 32.4 Å². The molecule has 42 heavy (non-hydrogen) atoms. The molecule has 10 nitrogen and oxygen atoms in total. The molecule has 4 aromatic rings. The third-order valence-electron chi connectivity index (χ3n) is 7.05. The van der Waals surface area contributed by atoms with Gasteiger partial charge in [-0.1, -0.05) is 35.8 Å². The molecule has 0 aliphatic carbocycles. The lowest BCUT2D eigenvalue weighted by Crippen LogP contribution is -2.54. The summed E-state index contributed by atoms with van der Waals surface area (Å²) in [6.45, 7) is 8.04. The molecule has 1 amide bonds. The molecular weight excluding hydrogens is 606 g/mol. The number of carbonyl (C=O) groups excluding carboxylic acids is 1. The standard InChI is InChI=1S/C28H25Cl2FN6O4S/c1-5-21(38)35-11-12-36(16(3)14-35)25-17-13-19(30)23(22-18(29)7-6-8-20(22)31)33-26(17)37(28(39)34-25)24-15(2)9-10-32-27(24)42(4,40)41/h5-10,13,16H,1,11-12,14H2,2-4H3/t16-/m0/s1. The summed E-state index contributed by atoms with van der Waals surface area (Å²) in [6.07, 6.45) is 3.55. The Bertz CT molecular complexity index is 1930. The number of anilines is 1. The Morgan fingerprint density at radius 3 is 2.55 bits per heavy atom. The van der Waals surface area contributed by atoms with Gasteiger partial charge in [0.15, 0.2) is 20.5 Å². The molecule has 0 saturated carbocycles. The van der Waals surface area contributed by atoms with Crippen molar-refractivity contribution in [1.29, 1.82) is 0 Å².